The minimum atomic E-state index is 0.205. The lowest BCUT2D eigenvalue weighted by molar-refractivity contribution is 0.371. The third-order valence-corrected chi connectivity index (χ3v) is 6.04. The van der Waals surface area contributed by atoms with E-state index in [1.165, 1.54) is 0 Å². The zero-order valence-electron chi connectivity index (χ0n) is 21.3. The average molecular weight is 513 g/mol. The second-order valence-corrected chi connectivity index (χ2v) is 8.79. The van der Waals surface area contributed by atoms with Crippen molar-refractivity contribution in [2.24, 2.45) is 16.7 Å². The van der Waals surface area contributed by atoms with Crippen molar-refractivity contribution in [2.75, 3.05) is 42.8 Å². The molecule has 7 N–H and O–H groups in total. The van der Waals surface area contributed by atoms with Gasteiger partial charge in [0.25, 0.3) is 0 Å². The van der Waals surface area contributed by atoms with E-state index < -0.39 is 0 Å². The molecule has 3 aromatic heterocycles. The Morgan fingerprint density at radius 2 is 1.97 bits per heavy atom. The van der Waals surface area contributed by atoms with Crippen LogP contribution in [0.5, 0.6) is 5.75 Å². The molecule has 0 spiro atoms. The number of hydrogen-bond donors (Lipinski definition) is 5. The van der Waals surface area contributed by atoms with E-state index in [1.807, 2.05) is 37.3 Å². The number of pyridine rings is 2. The summed E-state index contributed by atoms with van der Waals surface area (Å²) in [6.45, 7) is 3.72. The molecule has 5 rings (SSSR count). The van der Waals surface area contributed by atoms with Gasteiger partial charge in [0.1, 0.15) is 29.0 Å². The highest BCUT2D eigenvalue weighted by Crippen LogP contribution is 2.35. The number of nitrogens with one attached hydrogen (secondary N) is 3. The Hall–Kier alpha value is -5.09. The number of para-hydroxylation sites is 1. The minimum absolute atomic E-state index is 0.205. The summed E-state index contributed by atoms with van der Waals surface area (Å²) in [5.74, 6) is 8.05. The molecule has 1 aromatic carbocycles. The molecule has 13 nitrogen and oxygen atoms in total. The third kappa shape index (κ3) is 4.80. The van der Waals surface area contributed by atoms with Gasteiger partial charge < -0.3 is 31.0 Å². The molecule has 0 saturated carbocycles. The van der Waals surface area contributed by atoms with Crippen LogP contribution in [-0.2, 0) is 0 Å². The number of nitrogens with zero attached hydrogens (tertiary/aromatic N) is 7. The normalized spacial score (nSPS) is 13.1. The molecule has 1 fully saturated rings. The molecule has 4 aromatic rings. The number of H-pyrrole nitrogens is 1. The molecule has 38 heavy (non-hydrogen) atoms. The van der Waals surface area contributed by atoms with Gasteiger partial charge in [0.2, 0.25) is 0 Å². The van der Waals surface area contributed by atoms with Crippen LogP contribution in [0.4, 0.5) is 28.7 Å². The number of benzene rings is 1. The van der Waals surface area contributed by atoms with Gasteiger partial charge in [-0.05, 0) is 37.6 Å². The maximum absolute atomic E-state index is 9.64. The van der Waals surface area contributed by atoms with E-state index in [-0.39, 0.29) is 5.84 Å². The average Bonchev–Trinajstić information content (AvgIpc) is 3.23. The largest absolute Gasteiger partial charge is 0.494 e. The molecule has 0 aliphatic carbocycles. The fourth-order valence-electron chi connectivity index (χ4n) is 4.24. The summed E-state index contributed by atoms with van der Waals surface area (Å²) in [5, 5.41) is 21.5. The summed E-state index contributed by atoms with van der Waals surface area (Å²) in [6.07, 6.45) is 1.12. The van der Waals surface area contributed by atoms with Crippen molar-refractivity contribution in [2.45, 2.75) is 13.3 Å². The van der Waals surface area contributed by atoms with Crippen LogP contribution < -0.4 is 31.8 Å². The van der Waals surface area contributed by atoms with E-state index in [9.17, 15) is 5.26 Å². The summed E-state index contributed by atoms with van der Waals surface area (Å²) in [6, 6.07) is 13.3. The SMILES string of the molecule is COc1c(Nc2cc(Nc3ccc(N4CCC4)c(C#N)n3)nc3nc(C)[nH]c23)cccc1/C(N)=N/N(C)N. The molecule has 1 aliphatic heterocycles. The highest BCUT2D eigenvalue weighted by atomic mass is 16.5. The molecular weight excluding hydrogens is 484 g/mol. The van der Waals surface area contributed by atoms with Crippen LogP contribution in [0.3, 0.4) is 0 Å². The number of aromatic amines is 1. The number of rotatable bonds is 8. The van der Waals surface area contributed by atoms with Crippen molar-refractivity contribution in [3.8, 4) is 11.8 Å². The fraction of sp³-hybridized carbons (Fsp3) is 0.240. The number of fused-ring (bicyclic) bond motifs is 1. The van der Waals surface area contributed by atoms with E-state index >= 15 is 0 Å². The van der Waals surface area contributed by atoms with Crippen LogP contribution in [0, 0.1) is 18.3 Å². The van der Waals surface area contributed by atoms with Crippen LogP contribution in [0.2, 0.25) is 0 Å². The summed E-state index contributed by atoms with van der Waals surface area (Å²) in [5.41, 5.74) is 10.5. The topological polar surface area (TPSA) is 182 Å². The molecule has 0 radical (unpaired) electrons. The van der Waals surface area contributed by atoms with Crippen molar-refractivity contribution in [1.82, 2.24) is 25.1 Å². The Morgan fingerprint density at radius 1 is 1.16 bits per heavy atom. The Labute approximate surface area is 219 Å². The predicted octanol–water partition coefficient (Wildman–Crippen LogP) is 2.66. The minimum Gasteiger partial charge on any atom is -0.494 e. The number of aromatic nitrogens is 4. The molecule has 1 aliphatic rings. The number of hydrogen-bond acceptors (Lipinski definition) is 11. The molecule has 1 saturated heterocycles. The van der Waals surface area contributed by atoms with Gasteiger partial charge in [-0.25, -0.2) is 25.9 Å². The van der Waals surface area contributed by atoms with Gasteiger partial charge in [-0.3, -0.25) is 0 Å². The van der Waals surface area contributed by atoms with Gasteiger partial charge in [0, 0.05) is 26.2 Å². The van der Waals surface area contributed by atoms with Gasteiger partial charge in [-0.2, -0.15) is 5.26 Å². The monoisotopic (exact) mass is 512 g/mol. The number of imidazole rings is 1. The quantitative estimate of drug-likeness (QED) is 0.101. The van der Waals surface area contributed by atoms with Gasteiger partial charge >= 0.3 is 0 Å². The van der Waals surface area contributed by atoms with Crippen molar-refractivity contribution in [3.63, 3.8) is 0 Å². The molecule has 4 heterocycles. The number of aryl methyl sites for hydroxylation is 1. The summed E-state index contributed by atoms with van der Waals surface area (Å²) in [7, 11) is 3.14. The van der Waals surface area contributed by atoms with Gasteiger partial charge in [0.05, 0.1) is 29.7 Å². The first-order valence-corrected chi connectivity index (χ1v) is 11.9. The first-order chi connectivity index (χ1) is 18.4. The Morgan fingerprint density at radius 3 is 2.66 bits per heavy atom. The summed E-state index contributed by atoms with van der Waals surface area (Å²) in [4.78, 5) is 19.0. The summed E-state index contributed by atoms with van der Waals surface area (Å²) >= 11 is 0. The van der Waals surface area contributed by atoms with Crippen LogP contribution in [0.1, 0.15) is 23.5 Å². The number of hydrazone groups is 1. The first-order valence-electron chi connectivity index (χ1n) is 11.9. The number of anilines is 5. The second-order valence-electron chi connectivity index (χ2n) is 8.79. The number of amidine groups is 1. The lowest BCUT2D eigenvalue weighted by Crippen LogP contribution is -2.37. The number of methoxy groups -OCH3 is 1. The van der Waals surface area contributed by atoms with E-state index in [2.05, 4.69) is 46.6 Å². The zero-order valence-corrected chi connectivity index (χ0v) is 21.3. The van der Waals surface area contributed by atoms with Crippen LogP contribution in [-0.4, -0.2) is 58.1 Å². The van der Waals surface area contributed by atoms with Gasteiger partial charge in [-0.1, -0.05) is 6.07 Å². The Kier molecular flexibility index (Phi) is 6.55. The van der Waals surface area contributed by atoms with E-state index in [4.69, 9.17) is 16.3 Å². The lowest BCUT2D eigenvalue weighted by atomic mass is 10.1. The second kappa shape index (κ2) is 10.1. The van der Waals surface area contributed by atoms with Gasteiger partial charge in [0.15, 0.2) is 22.9 Å². The summed E-state index contributed by atoms with van der Waals surface area (Å²) < 4.78 is 5.68. The highest BCUT2D eigenvalue weighted by molar-refractivity contribution is 6.02. The highest BCUT2D eigenvalue weighted by Gasteiger charge is 2.20. The molecule has 0 bridgehead atoms. The van der Waals surface area contributed by atoms with Crippen LogP contribution in [0.15, 0.2) is 41.5 Å². The number of nitriles is 1. The molecule has 13 heteroatoms. The molecule has 194 valence electrons. The fourth-order valence-corrected chi connectivity index (χ4v) is 4.24. The predicted molar refractivity (Wildman–Crippen MR) is 147 cm³/mol. The van der Waals surface area contributed by atoms with Crippen molar-refractivity contribution < 1.29 is 4.74 Å². The third-order valence-electron chi connectivity index (χ3n) is 6.04. The Bertz CT molecular complexity index is 1560. The molecule has 0 unspecified atom stereocenters. The van der Waals surface area contributed by atoms with Crippen LogP contribution >= 0.6 is 0 Å². The standard InChI is InChI=1S/C25H28N12O/c1-14-29-22-17(31-16-7-4-6-15(23(16)38-3)24(27)35-36(2)28)12-21(34-25(22)30-14)33-20-9-8-19(18(13-26)32-20)37-10-5-11-37/h4,6-9,12H,5,10-11,28H2,1-3H3,(H2,27,35)(H3,29,30,31,32,33,34). The van der Waals surface area contributed by atoms with E-state index in [0.717, 1.165) is 30.3 Å². The first kappa shape index (κ1) is 24.6. The molecule has 0 amide bonds. The number of nitrogens with two attached hydrogens (primary N) is 2. The van der Waals surface area contributed by atoms with E-state index in [1.54, 1.807) is 20.2 Å². The maximum atomic E-state index is 9.64. The van der Waals surface area contributed by atoms with E-state index in [0.29, 0.717) is 57.0 Å². The van der Waals surface area contributed by atoms with Crippen molar-refractivity contribution in [1.29, 1.82) is 5.26 Å². The van der Waals surface area contributed by atoms with Crippen molar-refractivity contribution in [3.05, 3.63) is 53.5 Å². The Balaban J connectivity index is 1.51. The molecular formula is C25H28N12O. The number of hydrazine groups is 1. The van der Waals surface area contributed by atoms with Crippen molar-refractivity contribution >= 4 is 45.7 Å². The maximum Gasteiger partial charge on any atom is 0.181 e. The smallest absolute Gasteiger partial charge is 0.181 e. The molecule has 0 atom stereocenters. The zero-order chi connectivity index (χ0) is 26.8. The number of ether oxygens (including phenoxy) is 1. The van der Waals surface area contributed by atoms with Gasteiger partial charge in [-0.15, -0.1) is 5.10 Å². The van der Waals surface area contributed by atoms with Crippen LogP contribution in [0.25, 0.3) is 11.2 Å². The lowest BCUT2D eigenvalue weighted by Gasteiger charge is -2.33.